The Morgan fingerprint density at radius 3 is 1.68 bits per heavy atom. The molecule has 4 aromatic carbocycles. The lowest BCUT2D eigenvalue weighted by Crippen LogP contribution is -2.32. The molecule has 2 aliphatic rings. The number of methoxy groups -OCH3 is 2. The predicted molar refractivity (Wildman–Crippen MR) is 251 cm³/mol. The van der Waals surface area contributed by atoms with Crippen molar-refractivity contribution in [2.75, 3.05) is 50.2 Å². The van der Waals surface area contributed by atoms with E-state index < -0.39 is 0 Å². The number of nitrogens with zero attached hydrogens (tertiary/aromatic N) is 10. The minimum atomic E-state index is -0.110. The first kappa shape index (κ1) is 41.4. The normalized spacial score (nSPS) is 14.6. The predicted octanol–water partition coefficient (Wildman–Crippen LogP) is 8.37. The number of anilines is 2. The van der Waals surface area contributed by atoms with E-state index in [9.17, 15) is 9.59 Å². The molecule has 0 unspecified atom stereocenters. The van der Waals surface area contributed by atoms with E-state index in [1.807, 2.05) is 106 Å². The molecule has 2 aliphatic heterocycles. The molecule has 6 heterocycles. The summed E-state index contributed by atoms with van der Waals surface area (Å²) in [5.41, 5.74) is 3.48. The van der Waals surface area contributed by atoms with E-state index in [1.165, 1.54) is 12.8 Å². The Bertz CT molecular complexity index is 3060. The van der Waals surface area contributed by atoms with Crippen LogP contribution in [0.4, 0.5) is 11.9 Å². The molecule has 0 N–H and O–H groups in total. The molecule has 0 amide bonds. The Morgan fingerprint density at radius 1 is 0.597 bits per heavy atom. The lowest BCUT2D eigenvalue weighted by atomic mass is 10.1. The molecule has 0 atom stereocenters. The van der Waals surface area contributed by atoms with Gasteiger partial charge in [0.2, 0.25) is 23.5 Å². The van der Waals surface area contributed by atoms with Gasteiger partial charge in [-0.1, -0.05) is 80.4 Å². The zero-order valence-corrected chi connectivity index (χ0v) is 37.8. The van der Waals surface area contributed by atoms with Crippen LogP contribution in [0.25, 0.3) is 39.4 Å². The average molecular weight is 963 g/mol. The fraction of sp³-hybridized carbons (Fsp3) is 0.304. The zero-order valence-electron chi connectivity index (χ0n) is 34.6. The Kier molecular flexibility index (Phi) is 12.1. The number of piperidine rings is 2. The van der Waals surface area contributed by atoms with E-state index in [4.69, 9.17) is 9.47 Å². The van der Waals surface area contributed by atoms with E-state index in [-0.39, 0.29) is 11.1 Å². The molecule has 0 spiro atoms. The van der Waals surface area contributed by atoms with Gasteiger partial charge in [-0.2, -0.15) is 0 Å². The summed E-state index contributed by atoms with van der Waals surface area (Å²) >= 11 is 7.02. The highest BCUT2D eigenvalue weighted by Crippen LogP contribution is 2.30. The third-order valence-electron chi connectivity index (χ3n) is 11.6. The maximum Gasteiger partial charge on any atom is 0.263 e. The molecule has 16 heteroatoms. The quantitative estimate of drug-likeness (QED) is 0.139. The molecular formula is C46H46Br2N10O4. The van der Waals surface area contributed by atoms with Gasteiger partial charge in [-0.05, 0) is 98.2 Å². The van der Waals surface area contributed by atoms with Crippen molar-refractivity contribution in [2.45, 2.75) is 51.6 Å². The summed E-state index contributed by atoms with van der Waals surface area (Å²) in [5, 5.41) is 19.2. The third kappa shape index (κ3) is 8.08. The molecule has 0 bridgehead atoms. The summed E-state index contributed by atoms with van der Waals surface area (Å²) in [7, 11) is 3.20. The SMILES string of the molecule is COc1ccc(Cn2c(=O)c3cc(Br)ccc3n3c(N4CCCCC4)nnc23)cc1OC.O=c1c2cc(Br)ccc2n2c(N3CCCCC3)nnc2n1CC=Cc1ccccc1. The molecule has 0 saturated carbocycles. The van der Waals surface area contributed by atoms with E-state index in [0.29, 0.717) is 46.9 Å². The van der Waals surface area contributed by atoms with E-state index >= 15 is 0 Å². The first-order valence-corrected chi connectivity index (χ1v) is 22.5. The van der Waals surface area contributed by atoms with Gasteiger partial charge in [-0.3, -0.25) is 18.7 Å². The first-order chi connectivity index (χ1) is 30.3. The van der Waals surface area contributed by atoms with Crippen molar-refractivity contribution in [3.63, 3.8) is 0 Å². The largest absolute Gasteiger partial charge is 0.493 e. The molecular weight excluding hydrogens is 916 g/mol. The molecule has 0 radical (unpaired) electrons. The third-order valence-corrected chi connectivity index (χ3v) is 12.5. The van der Waals surface area contributed by atoms with Crippen LogP contribution in [-0.2, 0) is 13.1 Å². The Morgan fingerprint density at radius 2 is 1.13 bits per heavy atom. The molecule has 2 saturated heterocycles. The summed E-state index contributed by atoms with van der Waals surface area (Å²) in [6.45, 7) is 4.57. The van der Waals surface area contributed by atoms with Crippen LogP contribution in [0.2, 0.25) is 0 Å². The number of hydrogen-bond donors (Lipinski definition) is 0. The van der Waals surface area contributed by atoms with Crippen molar-refractivity contribution in [3.8, 4) is 11.5 Å². The van der Waals surface area contributed by atoms with Gasteiger partial charge in [-0.15, -0.1) is 20.4 Å². The van der Waals surface area contributed by atoms with Crippen molar-refractivity contribution in [2.24, 2.45) is 0 Å². The smallest absolute Gasteiger partial charge is 0.263 e. The van der Waals surface area contributed by atoms with Gasteiger partial charge in [0, 0.05) is 41.7 Å². The Hall–Kier alpha value is -6.00. The van der Waals surface area contributed by atoms with Crippen LogP contribution in [0.15, 0.2) is 110 Å². The lowest BCUT2D eigenvalue weighted by Gasteiger charge is -2.26. The summed E-state index contributed by atoms with van der Waals surface area (Å²) < 4.78 is 19.9. The van der Waals surface area contributed by atoms with Crippen LogP contribution < -0.4 is 30.4 Å². The number of benzene rings is 4. The Balaban J connectivity index is 0.000000158. The molecule has 0 aliphatic carbocycles. The van der Waals surface area contributed by atoms with Crippen molar-refractivity contribution in [3.05, 3.63) is 132 Å². The molecule has 14 nitrogen and oxygen atoms in total. The topological polar surface area (TPSA) is 129 Å². The van der Waals surface area contributed by atoms with Crippen molar-refractivity contribution >= 4 is 83.2 Å². The lowest BCUT2D eigenvalue weighted by molar-refractivity contribution is 0.354. The molecule has 8 aromatic rings. The Labute approximate surface area is 374 Å². The second kappa shape index (κ2) is 18.2. The highest BCUT2D eigenvalue weighted by atomic mass is 79.9. The standard InChI is InChI=1S/C23H24BrN5O3.C23H22BrN5O/c1-31-19-9-6-15(12-20(19)32-2)14-28-21(30)17-13-16(24)7-8-18(17)29-22(25-26-23(28)29)27-10-4-3-5-11-27;24-18-11-12-20-19(16-18)21(30)28(15-7-10-17-8-3-1-4-9-17)23-26-25-22(29(20)23)27-13-5-2-6-14-27/h6-9,12-13H,3-5,10-11,14H2,1-2H3;1,3-4,7-12,16H,2,5-6,13-15H2. The average Bonchev–Trinajstić information content (AvgIpc) is 3.96. The number of fused-ring (bicyclic) bond motifs is 6. The number of hydrogen-bond acceptors (Lipinski definition) is 10. The molecule has 62 heavy (non-hydrogen) atoms. The number of ether oxygens (including phenoxy) is 2. The van der Waals surface area contributed by atoms with E-state index in [0.717, 1.165) is 94.9 Å². The van der Waals surface area contributed by atoms with Crippen LogP contribution in [0.3, 0.4) is 0 Å². The summed E-state index contributed by atoms with van der Waals surface area (Å²) in [4.78, 5) is 31.4. The van der Waals surface area contributed by atoms with Gasteiger partial charge >= 0.3 is 0 Å². The molecule has 4 aromatic heterocycles. The van der Waals surface area contributed by atoms with Gasteiger partial charge in [0.15, 0.2) is 11.5 Å². The molecule has 318 valence electrons. The van der Waals surface area contributed by atoms with Crippen LogP contribution >= 0.6 is 31.9 Å². The van der Waals surface area contributed by atoms with E-state index in [2.05, 4.69) is 62.1 Å². The van der Waals surface area contributed by atoms with Gasteiger partial charge in [0.25, 0.3) is 11.1 Å². The summed E-state index contributed by atoms with van der Waals surface area (Å²) in [5.74, 6) is 3.97. The summed E-state index contributed by atoms with van der Waals surface area (Å²) in [6.07, 6.45) is 11.1. The van der Waals surface area contributed by atoms with Crippen LogP contribution in [0.1, 0.15) is 49.7 Å². The molecule has 2 fully saturated rings. The number of aromatic nitrogens is 8. The van der Waals surface area contributed by atoms with Crippen LogP contribution in [0, 0.1) is 0 Å². The zero-order chi connectivity index (χ0) is 42.7. The van der Waals surface area contributed by atoms with E-state index in [1.54, 1.807) is 23.4 Å². The minimum Gasteiger partial charge on any atom is -0.493 e. The highest BCUT2D eigenvalue weighted by Gasteiger charge is 2.24. The number of halogens is 2. The van der Waals surface area contributed by atoms with Crippen molar-refractivity contribution < 1.29 is 9.47 Å². The fourth-order valence-electron chi connectivity index (χ4n) is 8.46. The maximum atomic E-state index is 13.6. The molecule has 10 rings (SSSR count). The monoisotopic (exact) mass is 960 g/mol. The number of allylic oxidation sites excluding steroid dienone is 1. The van der Waals surface area contributed by atoms with Crippen molar-refractivity contribution in [1.29, 1.82) is 0 Å². The minimum absolute atomic E-state index is 0.0610. The highest BCUT2D eigenvalue weighted by molar-refractivity contribution is 9.10. The van der Waals surface area contributed by atoms with Gasteiger partial charge in [0.1, 0.15) is 0 Å². The van der Waals surface area contributed by atoms with Crippen LogP contribution in [-0.4, -0.2) is 78.7 Å². The van der Waals surface area contributed by atoms with Gasteiger partial charge < -0.3 is 19.3 Å². The second-order valence-electron chi connectivity index (χ2n) is 15.5. The first-order valence-electron chi connectivity index (χ1n) is 20.9. The second-order valence-corrected chi connectivity index (χ2v) is 17.3. The van der Waals surface area contributed by atoms with Gasteiger partial charge in [0.05, 0.1) is 42.6 Å². The van der Waals surface area contributed by atoms with Gasteiger partial charge in [-0.25, -0.2) is 8.80 Å². The number of rotatable bonds is 9. The summed E-state index contributed by atoms with van der Waals surface area (Å²) in [6, 6.07) is 27.3. The maximum absolute atomic E-state index is 13.6. The van der Waals surface area contributed by atoms with Crippen molar-refractivity contribution in [1.82, 2.24) is 38.3 Å². The fourth-order valence-corrected chi connectivity index (χ4v) is 9.18. The van der Waals surface area contributed by atoms with Crippen LogP contribution in [0.5, 0.6) is 11.5 Å².